The normalized spacial score (nSPS) is 50.5. The van der Waals surface area contributed by atoms with Gasteiger partial charge in [0, 0.05) is 18.3 Å². The Morgan fingerprint density at radius 3 is 2.29 bits per heavy atom. The fraction of sp³-hybridized carbons (Fsp3) is 0.800. The molecule has 190 valence electrons. The van der Waals surface area contributed by atoms with Crippen LogP contribution in [0.2, 0.25) is 0 Å². The number of hydrogen-bond donors (Lipinski definition) is 1. The van der Waals surface area contributed by atoms with Crippen LogP contribution in [-0.2, 0) is 14.4 Å². The SMILES string of the molecule is [C-]#[N+]C1=C[C@]2(C)[C@H]3CC(=O)[C@@H]4[C@@H]5CC(C)(C)CC[C@]5(C(N)=O)CC[C@@]4(C)[C@]3(C)CC[C@H]2[C@H](C)C1=O. The summed E-state index contributed by atoms with van der Waals surface area (Å²) in [5, 5.41) is 0. The Kier molecular flexibility index (Phi) is 5.15. The minimum atomic E-state index is -0.567. The minimum absolute atomic E-state index is 0.000457. The minimum Gasteiger partial charge on any atom is -0.369 e. The molecule has 0 bridgehead atoms. The second-order valence-electron chi connectivity index (χ2n) is 14.3. The van der Waals surface area contributed by atoms with E-state index in [-0.39, 0.29) is 74.4 Å². The van der Waals surface area contributed by atoms with Crippen molar-refractivity contribution in [3.63, 3.8) is 0 Å². The number of hydrogen-bond acceptors (Lipinski definition) is 3. The Bertz CT molecular complexity index is 1080. The molecule has 5 aliphatic carbocycles. The Balaban J connectivity index is 1.64. The zero-order valence-electron chi connectivity index (χ0n) is 22.4. The summed E-state index contributed by atoms with van der Waals surface area (Å²) in [5.41, 5.74) is 5.22. The van der Waals surface area contributed by atoms with E-state index in [4.69, 9.17) is 12.3 Å². The first-order valence-corrected chi connectivity index (χ1v) is 13.6. The fourth-order valence-corrected chi connectivity index (χ4v) is 10.3. The average molecular weight is 479 g/mol. The van der Waals surface area contributed by atoms with E-state index in [2.05, 4.69) is 39.5 Å². The summed E-state index contributed by atoms with van der Waals surface area (Å²) in [7, 11) is 0. The predicted molar refractivity (Wildman–Crippen MR) is 134 cm³/mol. The lowest BCUT2D eigenvalue weighted by atomic mass is 9.32. The number of rotatable bonds is 1. The lowest BCUT2D eigenvalue weighted by Gasteiger charge is -2.71. The first-order chi connectivity index (χ1) is 16.2. The molecule has 0 aromatic carbocycles. The number of ketones is 2. The van der Waals surface area contributed by atoms with Gasteiger partial charge in [-0.25, -0.2) is 4.85 Å². The van der Waals surface area contributed by atoms with E-state index >= 15 is 0 Å². The van der Waals surface area contributed by atoms with Crippen molar-refractivity contribution in [2.75, 3.05) is 0 Å². The van der Waals surface area contributed by atoms with Gasteiger partial charge < -0.3 is 10.5 Å². The molecule has 1 amide bonds. The summed E-state index contributed by atoms with van der Waals surface area (Å²) < 4.78 is 0. The van der Waals surface area contributed by atoms with Gasteiger partial charge in [0.2, 0.25) is 11.6 Å². The highest BCUT2D eigenvalue weighted by Crippen LogP contribution is 2.75. The third kappa shape index (κ3) is 2.95. The highest BCUT2D eigenvalue weighted by atomic mass is 16.1. The molecule has 5 rings (SSSR count). The standard InChI is InChI=1S/C30H42N2O3/c1-17-18-8-9-28(5)22(27(18,4)16-20(32-7)24(17)34)14-21(33)23-19-15-26(2,3)10-12-30(19,25(31)35)13-11-29(23,28)6/h16-19,22-23H,8-15H2,1-6H3,(H2,31,35)/t17-,18-,19-,22+,23-,27-,28+,29+,30-/m0/s1. The molecule has 0 spiro atoms. The average Bonchev–Trinajstić information content (AvgIpc) is 2.77. The number of amides is 1. The summed E-state index contributed by atoms with van der Waals surface area (Å²) in [5.74, 6) is -0.0534. The second-order valence-corrected chi connectivity index (χ2v) is 14.3. The third-order valence-electron chi connectivity index (χ3n) is 12.6. The highest BCUT2D eigenvalue weighted by Gasteiger charge is 2.71. The first kappa shape index (κ1) is 24.7. The zero-order valence-corrected chi connectivity index (χ0v) is 22.4. The number of carbonyl (C=O) groups is 3. The molecule has 4 saturated carbocycles. The maximum atomic E-state index is 14.3. The van der Waals surface area contributed by atoms with Crippen molar-refractivity contribution < 1.29 is 14.4 Å². The van der Waals surface area contributed by atoms with Crippen LogP contribution < -0.4 is 5.73 Å². The van der Waals surface area contributed by atoms with E-state index in [1.165, 1.54) is 0 Å². The third-order valence-corrected chi connectivity index (χ3v) is 12.6. The van der Waals surface area contributed by atoms with Crippen molar-refractivity contribution in [3.8, 4) is 0 Å². The van der Waals surface area contributed by atoms with Crippen molar-refractivity contribution in [3.05, 3.63) is 23.2 Å². The Morgan fingerprint density at radius 1 is 1.00 bits per heavy atom. The van der Waals surface area contributed by atoms with Gasteiger partial charge in [-0.1, -0.05) is 47.6 Å². The number of nitrogens with two attached hydrogens (primary N) is 1. The molecular formula is C30H42N2O3. The van der Waals surface area contributed by atoms with Crippen molar-refractivity contribution in [2.45, 2.75) is 92.9 Å². The number of nitrogens with zero attached hydrogens (tertiary/aromatic N) is 1. The van der Waals surface area contributed by atoms with Gasteiger partial charge in [-0.15, -0.1) is 0 Å². The van der Waals surface area contributed by atoms with Crippen LogP contribution in [0.5, 0.6) is 0 Å². The molecule has 0 unspecified atom stereocenters. The van der Waals surface area contributed by atoms with Crippen molar-refractivity contribution in [2.24, 2.45) is 62.4 Å². The molecule has 9 atom stereocenters. The molecular weight excluding hydrogens is 436 g/mol. The van der Waals surface area contributed by atoms with Crippen LogP contribution in [0.25, 0.3) is 4.85 Å². The molecule has 4 fully saturated rings. The van der Waals surface area contributed by atoms with Gasteiger partial charge in [0.15, 0.2) is 5.78 Å². The summed E-state index contributed by atoms with van der Waals surface area (Å²) >= 11 is 0. The van der Waals surface area contributed by atoms with Gasteiger partial charge in [-0.05, 0) is 84.4 Å². The van der Waals surface area contributed by atoms with Crippen LogP contribution in [0.15, 0.2) is 11.8 Å². The lowest BCUT2D eigenvalue weighted by Crippen LogP contribution is -2.69. The van der Waals surface area contributed by atoms with E-state index in [1.54, 1.807) is 0 Å². The highest BCUT2D eigenvalue weighted by molar-refractivity contribution is 6.00. The molecule has 0 heterocycles. The predicted octanol–water partition coefficient (Wildman–Crippen LogP) is 5.73. The summed E-state index contributed by atoms with van der Waals surface area (Å²) in [6.07, 6.45) is 8.58. The van der Waals surface area contributed by atoms with E-state index in [1.807, 2.05) is 13.0 Å². The van der Waals surface area contributed by atoms with Crippen LogP contribution in [0.3, 0.4) is 0 Å². The number of carbonyl (C=O) groups excluding carboxylic acids is 3. The summed E-state index contributed by atoms with van der Waals surface area (Å²) in [6, 6.07) is 0. The zero-order chi connectivity index (χ0) is 25.8. The maximum Gasteiger partial charge on any atom is 0.226 e. The summed E-state index contributed by atoms with van der Waals surface area (Å²) in [6.45, 7) is 21.1. The van der Waals surface area contributed by atoms with Gasteiger partial charge in [0.25, 0.3) is 0 Å². The van der Waals surface area contributed by atoms with Crippen LogP contribution >= 0.6 is 0 Å². The van der Waals surface area contributed by atoms with E-state index < -0.39 is 5.41 Å². The maximum absolute atomic E-state index is 14.3. The van der Waals surface area contributed by atoms with Crippen LogP contribution in [0.1, 0.15) is 92.9 Å². The molecule has 2 N–H and O–H groups in total. The monoisotopic (exact) mass is 478 g/mol. The molecule has 5 aliphatic rings. The van der Waals surface area contributed by atoms with E-state index in [9.17, 15) is 14.4 Å². The van der Waals surface area contributed by atoms with Crippen LogP contribution in [0, 0.1) is 63.2 Å². The summed E-state index contributed by atoms with van der Waals surface area (Å²) in [4.78, 5) is 43.8. The second kappa shape index (κ2) is 7.30. The van der Waals surface area contributed by atoms with E-state index in [0.717, 1.165) is 44.9 Å². The van der Waals surface area contributed by atoms with Gasteiger partial charge in [-0.3, -0.25) is 9.59 Å². The molecule has 0 aromatic rings. The number of Topliss-reactive ketones (excluding diaryl/α,β-unsaturated/α-hetero) is 2. The Morgan fingerprint density at radius 2 is 1.66 bits per heavy atom. The van der Waals surface area contributed by atoms with Crippen LogP contribution in [0.4, 0.5) is 0 Å². The molecule has 5 nitrogen and oxygen atoms in total. The smallest absolute Gasteiger partial charge is 0.226 e. The Labute approximate surface area is 210 Å². The molecule has 0 aromatic heterocycles. The lowest BCUT2D eigenvalue weighted by molar-refractivity contribution is -0.218. The van der Waals surface area contributed by atoms with Gasteiger partial charge in [0.1, 0.15) is 5.78 Å². The van der Waals surface area contributed by atoms with Crippen molar-refractivity contribution >= 4 is 17.5 Å². The van der Waals surface area contributed by atoms with E-state index in [0.29, 0.717) is 6.42 Å². The number of allylic oxidation sites excluding steroid dienone is 2. The fourth-order valence-electron chi connectivity index (χ4n) is 10.3. The Hall–Kier alpha value is -1.96. The van der Waals surface area contributed by atoms with Crippen molar-refractivity contribution in [1.82, 2.24) is 0 Å². The molecule has 35 heavy (non-hydrogen) atoms. The number of primary amides is 1. The largest absolute Gasteiger partial charge is 0.369 e. The first-order valence-electron chi connectivity index (χ1n) is 13.6. The molecule has 0 saturated heterocycles. The van der Waals surface area contributed by atoms with Gasteiger partial charge >= 0.3 is 0 Å². The van der Waals surface area contributed by atoms with Gasteiger partial charge in [-0.2, -0.15) is 0 Å². The molecule has 0 aliphatic heterocycles. The van der Waals surface area contributed by atoms with Crippen LogP contribution in [-0.4, -0.2) is 17.5 Å². The quantitative estimate of drug-likeness (QED) is 0.488. The molecule has 0 radical (unpaired) electrons. The van der Waals surface area contributed by atoms with Gasteiger partial charge in [0.05, 0.1) is 12.0 Å². The molecule has 5 heteroatoms. The van der Waals surface area contributed by atoms with Crippen molar-refractivity contribution in [1.29, 1.82) is 0 Å². The topological polar surface area (TPSA) is 81.6 Å². The number of fused-ring (bicyclic) bond motifs is 7.